The van der Waals surface area contributed by atoms with Gasteiger partial charge in [-0.3, -0.25) is 4.68 Å². The Hall–Kier alpha value is -5.04. The van der Waals surface area contributed by atoms with Gasteiger partial charge in [0.25, 0.3) is 10.0 Å². The van der Waals surface area contributed by atoms with Crippen molar-refractivity contribution in [3.05, 3.63) is 78.4 Å². The Morgan fingerprint density at radius 2 is 1.81 bits per heavy atom. The molecule has 0 spiro atoms. The van der Waals surface area contributed by atoms with Gasteiger partial charge in [-0.05, 0) is 43.7 Å². The second-order valence-corrected chi connectivity index (χ2v) is 12.2. The Labute approximate surface area is 243 Å². The predicted molar refractivity (Wildman–Crippen MR) is 158 cm³/mol. The van der Waals surface area contributed by atoms with Gasteiger partial charge < -0.3 is 10.6 Å². The molecule has 0 aliphatic carbocycles. The summed E-state index contributed by atoms with van der Waals surface area (Å²) in [6, 6.07) is 16.4. The molecular formula is C30H27N9O2S. The minimum absolute atomic E-state index is 0.117. The molecule has 1 saturated heterocycles. The molecule has 1 aliphatic heterocycles. The molecule has 2 N–H and O–H groups in total. The highest BCUT2D eigenvalue weighted by Crippen LogP contribution is 2.38. The lowest BCUT2D eigenvalue weighted by Gasteiger charge is -2.34. The van der Waals surface area contributed by atoms with Crippen LogP contribution in [0.3, 0.4) is 0 Å². The fourth-order valence-corrected chi connectivity index (χ4v) is 6.85. The second kappa shape index (κ2) is 10.4. The molecule has 0 amide bonds. The van der Waals surface area contributed by atoms with Gasteiger partial charge in [0.1, 0.15) is 11.9 Å². The average Bonchev–Trinajstić information content (AvgIpc) is 3.61. The van der Waals surface area contributed by atoms with Crippen LogP contribution in [0.2, 0.25) is 0 Å². The van der Waals surface area contributed by atoms with Crippen LogP contribution >= 0.6 is 0 Å². The molecule has 1 fully saturated rings. The minimum atomic E-state index is -4.09. The van der Waals surface area contributed by atoms with Gasteiger partial charge >= 0.3 is 0 Å². The molecule has 0 radical (unpaired) electrons. The molecule has 6 rings (SSSR count). The van der Waals surface area contributed by atoms with Crippen molar-refractivity contribution in [1.29, 1.82) is 10.5 Å². The molecule has 0 bridgehead atoms. The molecule has 2 atom stereocenters. The Bertz CT molecular complexity index is 2000. The van der Waals surface area contributed by atoms with Crippen molar-refractivity contribution in [2.75, 3.05) is 18.0 Å². The van der Waals surface area contributed by atoms with E-state index in [9.17, 15) is 18.9 Å². The maximum Gasteiger partial charge on any atom is 0.269 e. The van der Waals surface area contributed by atoms with Crippen LogP contribution in [0.15, 0.2) is 72.1 Å². The SMILES string of the molecule is Cc1ccc(S(=O)(=O)n2c(-c3cnn(C)c3)cc3c(-c4ccc(N5CC[C@H](N)[C@H](C#N)C5)nc4)c(C#N)cnc32)cc1. The van der Waals surface area contributed by atoms with E-state index in [1.54, 1.807) is 60.7 Å². The first-order chi connectivity index (χ1) is 20.2. The number of nitrogens with zero attached hydrogens (tertiary/aromatic N) is 8. The van der Waals surface area contributed by atoms with Gasteiger partial charge in [0, 0.05) is 66.8 Å². The molecule has 11 nitrogen and oxygen atoms in total. The summed E-state index contributed by atoms with van der Waals surface area (Å²) >= 11 is 0. The van der Waals surface area contributed by atoms with Crippen LogP contribution in [0.1, 0.15) is 17.5 Å². The van der Waals surface area contributed by atoms with E-state index < -0.39 is 10.0 Å². The first kappa shape index (κ1) is 27.1. The van der Waals surface area contributed by atoms with Gasteiger partial charge in [0.2, 0.25) is 0 Å². The molecule has 1 aromatic carbocycles. The monoisotopic (exact) mass is 577 g/mol. The summed E-state index contributed by atoms with van der Waals surface area (Å²) in [6.07, 6.45) is 7.07. The Kier molecular flexibility index (Phi) is 6.73. The molecule has 210 valence electrons. The van der Waals surface area contributed by atoms with Crippen LogP contribution in [0.5, 0.6) is 0 Å². The van der Waals surface area contributed by atoms with Gasteiger partial charge in [0.05, 0.1) is 34.3 Å². The third-order valence-corrected chi connectivity index (χ3v) is 9.38. The van der Waals surface area contributed by atoms with Gasteiger partial charge in [-0.25, -0.2) is 22.4 Å². The third-order valence-electron chi connectivity index (χ3n) is 7.66. The van der Waals surface area contributed by atoms with E-state index in [-0.39, 0.29) is 28.1 Å². The largest absolute Gasteiger partial charge is 0.355 e. The van der Waals surface area contributed by atoms with E-state index in [2.05, 4.69) is 27.2 Å². The lowest BCUT2D eigenvalue weighted by Crippen LogP contribution is -2.46. The first-order valence-electron chi connectivity index (χ1n) is 13.3. The van der Waals surface area contributed by atoms with Crippen molar-refractivity contribution in [2.45, 2.75) is 24.3 Å². The van der Waals surface area contributed by atoms with Crippen molar-refractivity contribution in [1.82, 2.24) is 23.7 Å². The van der Waals surface area contributed by atoms with Crippen LogP contribution in [0.25, 0.3) is 33.4 Å². The number of nitriles is 2. The van der Waals surface area contributed by atoms with E-state index in [4.69, 9.17) is 5.73 Å². The van der Waals surface area contributed by atoms with Crippen LogP contribution in [0, 0.1) is 35.5 Å². The predicted octanol–water partition coefficient (Wildman–Crippen LogP) is 3.59. The number of pyridine rings is 2. The molecule has 0 saturated carbocycles. The van der Waals surface area contributed by atoms with Gasteiger partial charge in [-0.1, -0.05) is 17.7 Å². The summed E-state index contributed by atoms with van der Waals surface area (Å²) in [5, 5.41) is 24.2. The van der Waals surface area contributed by atoms with Crippen molar-refractivity contribution in [2.24, 2.45) is 18.7 Å². The number of nitrogens with two attached hydrogens (primary N) is 1. The Morgan fingerprint density at radius 3 is 2.45 bits per heavy atom. The fourth-order valence-electron chi connectivity index (χ4n) is 5.37. The Morgan fingerprint density at radius 1 is 1.02 bits per heavy atom. The summed E-state index contributed by atoms with van der Waals surface area (Å²) in [6.45, 7) is 3.06. The summed E-state index contributed by atoms with van der Waals surface area (Å²) in [4.78, 5) is 11.3. The van der Waals surface area contributed by atoms with E-state index in [1.165, 1.54) is 10.2 Å². The van der Waals surface area contributed by atoms with Gasteiger partial charge in [-0.2, -0.15) is 15.6 Å². The Balaban J connectivity index is 1.53. The molecule has 4 aromatic heterocycles. The van der Waals surface area contributed by atoms with Crippen LogP contribution in [-0.2, 0) is 17.1 Å². The van der Waals surface area contributed by atoms with Crippen molar-refractivity contribution in [3.63, 3.8) is 0 Å². The first-order valence-corrected chi connectivity index (χ1v) is 14.8. The number of piperidine rings is 1. The zero-order valence-electron chi connectivity index (χ0n) is 23.0. The average molecular weight is 578 g/mol. The van der Waals surface area contributed by atoms with Crippen LogP contribution in [0.4, 0.5) is 5.82 Å². The number of rotatable bonds is 5. The van der Waals surface area contributed by atoms with E-state index in [0.29, 0.717) is 53.1 Å². The topological polar surface area (TPSA) is 160 Å². The summed E-state index contributed by atoms with van der Waals surface area (Å²) in [7, 11) is -2.33. The summed E-state index contributed by atoms with van der Waals surface area (Å²) < 4.78 is 31.0. The third kappa shape index (κ3) is 4.57. The molecule has 0 unspecified atom stereocenters. The minimum Gasteiger partial charge on any atom is -0.355 e. The number of aromatic nitrogens is 5. The fraction of sp³-hybridized carbons (Fsp3) is 0.233. The highest BCUT2D eigenvalue weighted by molar-refractivity contribution is 7.90. The number of aryl methyl sites for hydroxylation is 2. The normalized spacial score (nSPS) is 17.2. The molecule has 5 aromatic rings. The van der Waals surface area contributed by atoms with Gasteiger partial charge in [0.15, 0.2) is 5.65 Å². The lowest BCUT2D eigenvalue weighted by molar-refractivity contribution is 0.422. The summed E-state index contributed by atoms with van der Waals surface area (Å²) in [5.41, 5.74) is 9.62. The van der Waals surface area contributed by atoms with Crippen molar-refractivity contribution >= 4 is 26.9 Å². The highest BCUT2D eigenvalue weighted by Gasteiger charge is 2.29. The molecule has 1 aliphatic rings. The molecule has 42 heavy (non-hydrogen) atoms. The van der Waals surface area contributed by atoms with E-state index >= 15 is 0 Å². The number of anilines is 1. The quantitative estimate of drug-likeness (QED) is 0.329. The van der Waals surface area contributed by atoms with Gasteiger partial charge in [-0.15, -0.1) is 0 Å². The molecule has 5 heterocycles. The molecule has 12 heteroatoms. The zero-order valence-corrected chi connectivity index (χ0v) is 23.8. The maximum atomic E-state index is 14.1. The van der Waals surface area contributed by atoms with Crippen molar-refractivity contribution in [3.8, 4) is 34.5 Å². The smallest absolute Gasteiger partial charge is 0.269 e. The van der Waals surface area contributed by atoms with Crippen LogP contribution in [-0.4, -0.2) is 51.3 Å². The number of hydrogen-bond donors (Lipinski definition) is 1. The van der Waals surface area contributed by atoms with Crippen molar-refractivity contribution < 1.29 is 8.42 Å². The number of hydrogen-bond acceptors (Lipinski definition) is 9. The number of benzene rings is 1. The standard InChI is InChI=1S/C30H27N9O2S/c1-19-3-6-24(7-4-19)42(40,41)39-27(23-16-36-37(2)17-23)11-25-29(21(12-31)15-35-30(25)39)20-5-8-28(34-14-20)38-10-9-26(33)22(13-32)18-38/h3-8,11,14-17,22,26H,9-10,18,33H2,1-2H3/t22-,26+/m1/s1. The lowest BCUT2D eigenvalue weighted by atomic mass is 9.94. The van der Waals surface area contributed by atoms with E-state index in [1.807, 2.05) is 24.0 Å². The highest BCUT2D eigenvalue weighted by atomic mass is 32.2. The maximum absolute atomic E-state index is 14.1. The summed E-state index contributed by atoms with van der Waals surface area (Å²) in [5.74, 6) is 0.414. The van der Waals surface area contributed by atoms with E-state index in [0.717, 1.165) is 5.56 Å². The van der Waals surface area contributed by atoms with Crippen LogP contribution < -0.4 is 10.6 Å². The zero-order chi connectivity index (χ0) is 29.6. The number of fused-ring (bicyclic) bond motifs is 1. The second-order valence-electron chi connectivity index (χ2n) is 10.4. The molecular weight excluding hydrogens is 550 g/mol.